The van der Waals surface area contributed by atoms with Crippen molar-refractivity contribution in [2.75, 3.05) is 6.61 Å². The van der Waals surface area contributed by atoms with Gasteiger partial charge in [0.05, 0.1) is 12.8 Å². The van der Waals surface area contributed by atoms with Crippen LogP contribution < -0.4 is 0 Å². The Morgan fingerprint density at radius 3 is 2.42 bits per heavy atom. The fraction of sp³-hybridized carbons (Fsp3) is 0.727. The second kappa shape index (κ2) is 12.9. The first-order chi connectivity index (χ1) is 25.1. The van der Waals surface area contributed by atoms with Crippen molar-refractivity contribution in [1.82, 2.24) is 0 Å². The van der Waals surface area contributed by atoms with Crippen molar-refractivity contribution in [2.45, 2.75) is 129 Å². The zero-order valence-corrected chi connectivity index (χ0v) is 31.8. The van der Waals surface area contributed by atoms with Gasteiger partial charge in [-0.1, -0.05) is 44.9 Å². The number of rotatable bonds is 7. The molecule has 0 aliphatic heterocycles. The summed E-state index contributed by atoms with van der Waals surface area (Å²) in [5.41, 5.74) is -1.11. The minimum Gasteiger partial charge on any atom is -0.462 e. The molecule has 6 saturated carbocycles. The van der Waals surface area contributed by atoms with Crippen LogP contribution in [-0.2, 0) is 38.2 Å². The van der Waals surface area contributed by atoms with Crippen LogP contribution in [0.5, 0.6) is 0 Å². The van der Waals surface area contributed by atoms with E-state index in [2.05, 4.69) is 13.8 Å². The van der Waals surface area contributed by atoms with E-state index in [1.807, 2.05) is 26.0 Å². The van der Waals surface area contributed by atoms with Crippen molar-refractivity contribution in [1.29, 1.82) is 0 Å². The topological polar surface area (TPSA) is 141 Å². The van der Waals surface area contributed by atoms with Gasteiger partial charge in [-0.3, -0.25) is 28.8 Å². The fourth-order valence-corrected chi connectivity index (χ4v) is 14.2. The molecule has 0 radical (unpaired) electrons. The maximum atomic E-state index is 13.9. The zero-order chi connectivity index (χ0) is 37.7. The number of esters is 2. The highest BCUT2D eigenvalue weighted by Gasteiger charge is 2.68. The van der Waals surface area contributed by atoms with E-state index in [1.165, 1.54) is 5.57 Å². The van der Waals surface area contributed by atoms with Crippen LogP contribution in [0.15, 0.2) is 35.5 Å². The van der Waals surface area contributed by atoms with Gasteiger partial charge < -0.3 is 14.6 Å². The number of hydrogen-bond donors (Lipinski definition) is 1. The quantitative estimate of drug-likeness (QED) is 0.295. The van der Waals surface area contributed by atoms with E-state index in [1.54, 1.807) is 12.2 Å². The van der Waals surface area contributed by atoms with Crippen molar-refractivity contribution in [3.8, 4) is 0 Å². The molecule has 8 rings (SSSR count). The molecule has 0 aromatic heterocycles. The largest absolute Gasteiger partial charge is 0.462 e. The molecule has 6 fully saturated rings. The molecule has 13 atom stereocenters. The SMILES string of the molecule is C[C@H]1C[C@@]2(C)C(CC[C@@H]2OC(=O)CCC(=O)OCC(=O)[C@@]2(O)CCC3C4CCC5=CC(=O)C=C[C@]5(C)C4C(=O)C[C@@]32C)C2CCC3=CC(=O)CCC3C21. The van der Waals surface area contributed by atoms with Crippen molar-refractivity contribution in [3.05, 3.63) is 35.5 Å². The van der Waals surface area contributed by atoms with Crippen LogP contribution in [0, 0.1) is 63.6 Å². The predicted molar refractivity (Wildman–Crippen MR) is 194 cm³/mol. The van der Waals surface area contributed by atoms with Gasteiger partial charge in [0.15, 0.2) is 18.2 Å². The number of aliphatic hydroxyl groups is 1. The number of allylic oxidation sites excluding steroid dienone is 5. The Balaban J connectivity index is 0.845. The van der Waals surface area contributed by atoms with E-state index in [0.717, 1.165) is 50.5 Å². The number of carbonyl (C=O) groups is 6. The average molecular weight is 729 g/mol. The maximum Gasteiger partial charge on any atom is 0.306 e. The van der Waals surface area contributed by atoms with Crippen LogP contribution in [-0.4, -0.2) is 58.5 Å². The summed E-state index contributed by atoms with van der Waals surface area (Å²) in [6.45, 7) is 7.87. The van der Waals surface area contributed by atoms with Crippen LogP contribution in [0.2, 0.25) is 0 Å². The Morgan fingerprint density at radius 1 is 0.868 bits per heavy atom. The maximum absolute atomic E-state index is 13.9. The first-order valence-corrected chi connectivity index (χ1v) is 20.4. The lowest BCUT2D eigenvalue weighted by molar-refractivity contribution is -0.173. The molecule has 0 bridgehead atoms. The monoisotopic (exact) mass is 728 g/mol. The molecule has 1 N–H and O–H groups in total. The standard InChI is InChI=1S/C44H56O9/c1-24-21-42(3)32(30-8-5-25-19-27(45)7-10-29(25)39(24)30)11-12-36(42)53-38(50)14-13-37(49)52-23-35(48)44(51)18-16-33-31-9-6-26-20-28(46)15-17-41(26,2)40(31)34(47)22-43(33,44)4/h15,17,19-20,24,29-33,36,39-40,51H,5-14,16,18,21-23H2,1-4H3/t24-,29?,30?,31?,32?,33?,36-,39?,40?,41-,42-,43-,44-/m0/s1. The minimum atomic E-state index is -1.80. The molecule has 9 nitrogen and oxygen atoms in total. The summed E-state index contributed by atoms with van der Waals surface area (Å²) in [6.07, 6.45) is 15.2. The molecule has 7 unspecified atom stereocenters. The van der Waals surface area contributed by atoms with Gasteiger partial charge in [0.2, 0.25) is 5.78 Å². The van der Waals surface area contributed by atoms with Gasteiger partial charge in [-0.25, -0.2) is 0 Å². The first-order valence-electron chi connectivity index (χ1n) is 20.4. The van der Waals surface area contributed by atoms with Crippen LogP contribution >= 0.6 is 0 Å². The summed E-state index contributed by atoms with van der Waals surface area (Å²) in [5, 5.41) is 12.0. The van der Waals surface area contributed by atoms with Crippen molar-refractivity contribution < 1.29 is 43.3 Å². The van der Waals surface area contributed by atoms with Crippen molar-refractivity contribution in [3.63, 3.8) is 0 Å². The van der Waals surface area contributed by atoms with Gasteiger partial charge in [0.1, 0.15) is 17.5 Å². The molecule has 286 valence electrons. The van der Waals surface area contributed by atoms with Gasteiger partial charge in [0, 0.05) is 35.0 Å². The summed E-state index contributed by atoms with van der Waals surface area (Å²) in [7, 11) is 0. The van der Waals surface area contributed by atoms with E-state index in [0.29, 0.717) is 48.9 Å². The Kier molecular flexibility index (Phi) is 8.98. The molecule has 8 aliphatic rings. The number of Topliss-reactive ketones (excluding diaryl/α,β-unsaturated/α-hetero) is 2. The highest BCUT2D eigenvalue weighted by atomic mass is 16.5. The van der Waals surface area contributed by atoms with E-state index < -0.39 is 40.8 Å². The van der Waals surface area contributed by atoms with E-state index >= 15 is 0 Å². The van der Waals surface area contributed by atoms with Crippen LogP contribution in [0.4, 0.5) is 0 Å². The predicted octanol–water partition coefficient (Wildman–Crippen LogP) is 6.40. The van der Waals surface area contributed by atoms with Gasteiger partial charge in [0.25, 0.3) is 0 Å². The van der Waals surface area contributed by atoms with Gasteiger partial charge >= 0.3 is 11.9 Å². The number of carbonyl (C=O) groups excluding carboxylic acids is 6. The smallest absolute Gasteiger partial charge is 0.306 e. The third-order valence-corrected chi connectivity index (χ3v) is 16.5. The average Bonchev–Trinajstić information content (AvgIpc) is 3.57. The molecule has 0 amide bonds. The molecule has 0 aromatic carbocycles. The minimum absolute atomic E-state index is 0.00127. The molecule has 53 heavy (non-hydrogen) atoms. The van der Waals surface area contributed by atoms with E-state index in [9.17, 15) is 33.9 Å². The first kappa shape index (κ1) is 36.8. The fourth-order valence-electron chi connectivity index (χ4n) is 14.2. The Bertz CT molecular complexity index is 1740. The number of ketones is 4. The number of fused-ring (bicyclic) bond motifs is 10. The van der Waals surface area contributed by atoms with Gasteiger partial charge in [-0.05, 0) is 124 Å². The molecular formula is C44H56O9. The summed E-state index contributed by atoms with van der Waals surface area (Å²) in [4.78, 5) is 77.8. The molecule has 0 heterocycles. The Hall–Kier alpha value is -3.20. The van der Waals surface area contributed by atoms with Crippen molar-refractivity contribution >= 4 is 35.1 Å². The molecule has 9 heteroatoms. The molecule has 8 aliphatic carbocycles. The lowest BCUT2D eigenvalue weighted by atomic mass is 9.46. The third kappa shape index (κ3) is 5.63. The van der Waals surface area contributed by atoms with Crippen LogP contribution in [0.1, 0.15) is 118 Å². The van der Waals surface area contributed by atoms with Gasteiger partial charge in [-0.15, -0.1) is 0 Å². The number of hydrogen-bond acceptors (Lipinski definition) is 9. The summed E-state index contributed by atoms with van der Waals surface area (Å²) in [6, 6.07) is 0. The third-order valence-electron chi connectivity index (χ3n) is 16.5. The lowest BCUT2D eigenvalue weighted by Crippen LogP contribution is -2.60. The van der Waals surface area contributed by atoms with Gasteiger partial charge in [-0.2, -0.15) is 0 Å². The normalized spacial score (nSPS) is 45.4. The zero-order valence-electron chi connectivity index (χ0n) is 31.8. The summed E-state index contributed by atoms with van der Waals surface area (Å²) < 4.78 is 11.5. The molecular weight excluding hydrogens is 672 g/mol. The molecule has 0 spiro atoms. The van der Waals surface area contributed by atoms with E-state index in [-0.39, 0.29) is 72.3 Å². The number of ether oxygens (including phenoxy) is 2. The Labute approximate surface area is 312 Å². The van der Waals surface area contributed by atoms with Crippen molar-refractivity contribution in [2.24, 2.45) is 63.6 Å². The second-order valence-corrected chi connectivity index (χ2v) is 19.0. The molecule has 0 aromatic rings. The molecule has 0 saturated heterocycles. The summed E-state index contributed by atoms with van der Waals surface area (Å²) in [5.74, 6) is 0.650. The highest BCUT2D eigenvalue weighted by molar-refractivity contribution is 6.02. The van der Waals surface area contributed by atoms with Crippen LogP contribution in [0.3, 0.4) is 0 Å². The van der Waals surface area contributed by atoms with Crippen LogP contribution in [0.25, 0.3) is 0 Å². The highest BCUT2D eigenvalue weighted by Crippen LogP contribution is 2.67. The lowest BCUT2D eigenvalue weighted by Gasteiger charge is -2.56. The summed E-state index contributed by atoms with van der Waals surface area (Å²) >= 11 is 0. The second-order valence-electron chi connectivity index (χ2n) is 19.0. The van der Waals surface area contributed by atoms with E-state index in [4.69, 9.17) is 9.47 Å². The Morgan fingerprint density at radius 2 is 1.62 bits per heavy atom.